The Hall–Kier alpha value is -2.79. The SMILES string of the molecule is Fc1cccc(-c2noc(-c3cc(Cl)nc4ccccc34)n2)c1. The third-order valence-electron chi connectivity index (χ3n) is 3.42. The average Bonchev–Trinajstić information content (AvgIpc) is 3.04. The first-order valence-electron chi connectivity index (χ1n) is 6.86. The number of fused-ring (bicyclic) bond motifs is 1. The standard InChI is InChI=1S/C17H9ClFN3O/c18-15-9-13(12-6-1-2-7-14(12)20-15)17-21-16(22-23-17)10-4-3-5-11(19)8-10/h1-9H. The largest absolute Gasteiger partial charge is 0.334 e. The van der Waals surface area contributed by atoms with Crippen molar-refractivity contribution in [1.29, 1.82) is 0 Å². The minimum atomic E-state index is -0.355. The molecule has 0 aliphatic heterocycles. The van der Waals surface area contributed by atoms with Gasteiger partial charge in [0.25, 0.3) is 5.89 Å². The van der Waals surface area contributed by atoms with Crippen molar-refractivity contribution in [1.82, 2.24) is 15.1 Å². The lowest BCUT2D eigenvalue weighted by Crippen LogP contribution is -1.86. The Labute approximate surface area is 135 Å². The van der Waals surface area contributed by atoms with Gasteiger partial charge in [0.2, 0.25) is 5.82 Å². The van der Waals surface area contributed by atoms with Crippen LogP contribution in [0.15, 0.2) is 59.1 Å². The molecule has 0 aliphatic carbocycles. The molecular weight excluding hydrogens is 317 g/mol. The van der Waals surface area contributed by atoms with Crippen molar-refractivity contribution in [2.24, 2.45) is 0 Å². The molecule has 0 N–H and O–H groups in total. The van der Waals surface area contributed by atoms with E-state index in [2.05, 4.69) is 15.1 Å². The van der Waals surface area contributed by atoms with Crippen molar-refractivity contribution in [3.05, 3.63) is 65.6 Å². The van der Waals surface area contributed by atoms with Gasteiger partial charge in [-0.15, -0.1) is 0 Å². The second-order valence-electron chi connectivity index (χ2n) is 4.94. The summed E-state index contributed by atoms with van der Waals surface area (Å²) in [4.78, 5) is 8.62. The number of halogens is 2. The molecule has 2 aromatic carbocycles. The summed E-state index contributed by atoms with van der Waals surface area (Å²) in [5.41, 5.74) is 1.97. The maximum absolute atomic E-state index is 13.3. The van der Waals surface area contributed by atoms with Gasteiger partial charge in [0.1, 0.15) is 11.0 Å². The normalized spacial score (nSPS) is 11.0. The lowest BCUT2D eigenvalue weighted by molar-refractivity contribution is 0.432. The van der Waals surface area contributed by atoms with Gasteiger partial charge in [-0.05, 0) is 24.3 Å². The van der Waals surface area contributed by atoms with E-state index in [1.165, 1.54) is 12.1 Å². The third-order valence-corrected chi connectivity index (χ3v) is 3.62. The van der Waals surface area contributed by atoms with Gasteiger partial charge in [-0.2, -0.15) is 4.98 Å². The predicted molar refractivity (Wildman–Crippen MR) is 85.4 cm³/mol. The molecule has 4 rings (SSSR count). The van der Waals surface area contributed by atoms with Crippen LogP contribution in [0.3, 0.4) is 0 Å². The van der Waals surface area contributed by atoms with Gasteiger partial charge in [-0.1, -0.05) is 47.1 Å². The minimum Gasteiger partial charge on any atom is -0.334 e. The van der Waals surface area contributed by atoms with E-state index < -0.39 is 0 Å². The Kier molecular flexibility index (Phi) is 3.28. The molecule has 4 nitrogen and oxygen atoms in total. The summed E-state index contributed by atoms with van der Waals surface area (Å²) in [5.74, 6) is 0.271. The second-order valence-corrected chi connectivity index (χ2v) is 5.33. The Balaban J connectivity index is 1.87. The molecule has 0 unspecified atom stereocenters. The van der Waals surface area contributed by atoms with Crippen LogP contribution in [0.25, 0.3) is 33.7 Å². The molecule has 2 aromatic heterocycles. The Morgan fingerprint density at radius 1 is 0.957 bits per heavy atom. The van der Waals surface area contributed by atoms with E-state index in [9.17, 15) is 4.39 Å². The van der Waals surface area contributed by atoms with E-state index in [-0.39, 0.29) is 5.82 Å². The van der Waals surface area contributed by atoms with Crippen molar-refractivity contribution in [2.75, 3.05) is 0 Å². The summed E-state index contributed by atoms with van der Waals surface area (Å²) in [7, 11) is 0. The summed E-state index contributed by atoms with van der Waals surface area (Å²) in [6.45, 7) is 0. The van der Waals surface area contributed by atoms with Crippen LogP contribution in [0.5, 0.6) is 0 Å². The molecule has 0 atom stereocenters. The number of aromatic nitrogens is 3. The molecule has 0 bridgehead atoms. The molecule has 0 saturated heterocycles. The molecule has 6 heteroatoms. The predicted octanol–water partition coefficient (Wildman–Crippen LogP) is 4.74. The third kappa shape index (κ3) is 2.55. The van der Waals surface area contributed by atoms with Crippen LogP contribution in [-0.4, -0.2) is 15.1 Å². The Morgan fingerprint density at radius 2 is 1.83 bits per heavy atom. The van der Waals surface area contributed by atoms with Gasteiger partial charge in [0.05, 0.1) is 11.1 Å². The van der Waals surface area contributed by atoms with Crippen molar-refractivity contribution in [3.63, 3.8) is 0 Å². The first-order valence-corrected chi connectivity index (χ1v) is 7.24. The molecule has 0 fully saturated rings. The van der Waals surface area contributed by atoms with Gasteiger partial charge in [-0.3, -0.25) is 0 Å². The maximum atomic E-state index is 13.3. The highest BCUT2D eigenvalue weighted by molar-refractivity contribution is 6.30. The van der Waals surface area contributed by atoms with Gasteiger partial charge in [0.15, 0.2) is 0 Å². The highest BCUT2D eigenvalue weighted by Crippen LogP contribution is 2.30. The summed E-state index contributed by atoms with van der Waals surface area (Å²) in [6.07, 6.45) is 0. The van der Waals surface area contributed by atoms with Crippen molar-refractivity contribution in [2.45, 2.75) is 0 Å². The number of hydrogen-bond acceptors (Lipinski definition) is 4. The highest BCUT2D eigenvalue weighted by Gasteiger charge is 2.15. The molecule has 23 heavy (non-hydrogen) atoms. The van der Waals surface area contributed by atoms with E-state index in [0.29, 0.717) is 28.0 Å². The number of para-hydroxylation sites is 1. The van der Waals surface area contributed by atoms with Gasteiger partial charge >= 0.3 is 0 Å². The average molecular weight is 326 g/mol. The lowest BCUT2D eigenvalue weighted by atomic mass is 10.1. The van der Waals surface area contributed by atoms with Crippen LogP contribution in [0.1, 0.15) is 0 Å². The molecule has 4 aromatic rings. The van der Waals surface area contributed by atoms with Crippen molar-refractivity contribution < 1.29 is 8.91 Å². The fourth-order valence-electron chi connectivity index (χ4n) is 2.40. The molecule has 0 spiro atoms. The zero-order valence-corrected chi connectivity index (χ0v) is 12.5. The van der Waals surface area contributed by atoms with E-state index in [0.717, 1.165) is 10.9 Å². The van der Waals surface area contributed by atoms with Gasteiger partial charge in [0, 0.05) is 10.9 Å². The zero-order chi connectivity index (χ0) is 15.8. The van der Waals surface area contributed by atoms with E-state index in [4.69, 9.17) is 16.1 Å². The minimum absolute atomic E-state index is 0.310. The quantitative estimate of drug-likeness (QED) is 0.499. The Morgan fingerprint density at radius 3 is 2.70 bits per heavy atom. The topological polar surface area (TPSA) is 51.8 Å². The number of pyridine rings is 1. The zero-order valence-electron chi connectivity index (χ0n) is 11.7. The molecule has 112 valence electrons. The van der Waals surface area contributed by atoms with Crippen LogP contribution in [0.2, 0.25) is 5.15 Å². The van der Waals surface area contributed by atoms with Crippen molar-refractivity contribution >= 4 is 22.5 Å². The summed E-state index contributed by atoms with van der Waals surface area (Å²) >= 11 is 6.07. The lowest BCUT2D eigenvalue weighted by Gasteiger charge is -2.02. The number of benzene rings is 2. The van der Waals surface area contributed by atoms with Gasteiger partial charge in [-0.25, -0.2) is 9.37 Å². The smallest absolute Gasteiger partial charge is 0.259 e. The Bertz CT molecular complexity index is 1020. The van der Waals surface area contributed by atoms with E-state index in [1.54, 1.807) is 18.2 Å². The first kappa shape index (κ1) is 13.8. The van der Waals surface area contributed by atoms with Crippen LogP contribution >= 0.6 is 11.6 Å². The highest BCUT2D eigenvalue weighted by atomic mass is 35.5. The molecule has 0 aliphatic rings. The molecule has 0 saturated carbocycles. The van der Waals surface area contributed by atoms with Crippen molar-refractivity contribution in [3.8, 4) is 22.8 Å². The molecule has 2 heterocycles. The van der Waals surface area contributed by atoms with Crippen LogP contribution < -0.4 is 0 Å². The molecule has 0 radical (unpaired) electrons. The first-order chi connectivity index (χ1) is 11.2. The molecule has 0 amide bonds. The fraction of sp³-hybridized carbons (Fsp3) is 0. The summed E-state index contributed by atoms with van der Waals surface area (Å²) in [5, 5.41) is 5.11. The van der Waals surface area contributed by atoms with E-state index in [1.807, 2.05) is 24.3 Å². The van der Waals surface area contributed by atoms with Crippen LogP contribution in [0.4, 0.5) is 4.39 Å². The number of nitrogens with zero attached hydrogens (tertiary/aromatic N) is 3. The van der Waals surface area contributed by atoms with Gasteiger partial charge < -0.3 is 4.52 Å². The fourth-order valence-corrected chi connectivity index (χ4v) is 2.60. The second kappa shape index (κ2) is 5.44. The number of hydrogen-bond donors (Lipinski definition) is 0. The number of rotatable bonds is 2. The van der Waals surface area contributed by atoms with Crippen LogP contribution in [-0.2, 0) is 0 Å². The van der Waals surface area contributed by atoms with E-state index >= 15 is 0 Å². The maximum Gasteiger partial charge on any atom is 0.259 e. The summed E-state index contributed by atoms with van der Waals surface area (Å²) in [6, 6.07) is 15.2. The van der Waals surface area contributed by atoms with Crippen LogP contribution in [0, 0.1) is 5.82 Å². The molecular formula is C17H9ClFN3O. The monoisotopic (exact) mass is 325 g/mol. The summed E-state index contributed by atoms with van der Waals surface area (Å²) < 4.78 is 18.7.